The van der Waals surface area contributed by atoms with Crippen LogP contribution in [0.4, 0.5) is 0 Å². The predicted molar refractivity (Wildman–Crippen MR) is 93.1 cm³/mol. The molecule has 0 aliphatic heterocycles. The van der Waals surface area contributed by atoms with E-state index in [1.54, 1.807) is 0 Å². The van der Waals surface area contributed by atoms with Gasteiger partial charge in [-0.2, -0.15) is 0 Å². The Hall–Kier alpha value is -0.830. The lowest BCUT2D eigenvalue weighted by atomic mass is 9.95. The molecule has 0 spiro atoms. The number of hydrogen-bond acceptors (Lipinski definition) is 1. The number of benzene rings is 2. The fraction of sp³-hybridized carbons (Fsp3) is 0.333. The second-order valence-corrected chi connectivity index (χ2v) is 6.86. The van der Waals surface area contributed by atoms with E-state index < -0.39 is 0 Å². The molecular formula is C18H19BrClN. The molecule has 1 atom stereocenters. The molecule has 0 aromatic heterocycles. The minimum Gasteiger partial charge on any atom is -0.306 e. The Kier molecular flexibility index (Phi) is 4.68. The summed E-state index contributed by atoms with van der Waals surface area (Å²) >= 11 is 9.93. The quantitative estimate of drug-likeness (QED) is 0.777. The predicted octanol–water partition coefficient (Wildman–Crippen LogP) is 5.29. The molecule has 0 fully saturated rings. The summed E-state index contributed by atoms with van der Waals surface area (Å²) in [7, 11) is 0. The van der Waals surface area contributed by atoms with E-state index in [4.69, 9.17) is 11.6 Å². The van der Waals surface area contributed by atoms with Crippen molar-refractivity contribution in [2.45, 2.75) is 32.2 Å². The Labute approximate surface area is 139 Å². The fourth-order valence-corrected chi connectivity index (χ4v) is 3.90. The van der Waals surface area contributed by atoms with Crippen LogP contribution in [-0.4, -0.2) is 6.54 Å². The Bertz CT molecular complexity index is 654. The highest BCUT2D eigenvalue weighted by Gasteiger charge is 2.19. The van der Waals surface area contributed by atoms with Crippen LogP contribution >= 0.6 is 27.5 Å². The third kappa shape index (κ3) is 3.18. The van der Waals surface area contributed by atoms with Gasteiger partial charge in [0.05, 0.1) is 6.04 Å². The lowest BCUT2D eigenvalue weighted by Crippen LogP contribution is -2.22. The molecule has 110 valence electrons. The Morgan fingerprint density at radius 1 is 1.14 bits per heavy atom. The topological polar surface area (TPSA) is 12.0 Å². The summed E-state index contributed by atoms with van der Waals surface area (Å²) in [6, 6.07) is 13.2. The van der Waals surface area contributed by atoms with Crippen LogP contribution < -0.4 is 5.32 Å². The summed E-state index contributed by atoms with van der Waals surface area (Å²) in [5, 5.41) is 4.37. The van der Waals surface area contributed by atoms with Gasteiger partial charge in [0.1, 0.15) is 0 Å². The highest BCUT2D eigenvalue weighted by atomic mass is 79.9. The van der Waals surface area contributed by atoms with Gasteiger partial charge >= 0.3 is 0 Å². The lowest BCUT2D eigenvalue weighted by molar-refractivity contribution is 0.630. The maximum Gasteiger partial charge on any atom is 0.0591 e. The van der Waals surface area contributed by atoms with Crippen molar-refractivity contribution in [2.24, 2.45) is 0 Å². The first-order valence-corrected chi connectivity index (χ1v) is 8.66. The van der Waals surface area contributed by atoms with Gasteiger partial charge in [0.25, 0.3) is 0 Å². The van der Waals surface area contributed by atoms with Crippen molar-refractivity contribution < 1.29 is 0 Å². The zero-order chi connectivity index (χ0) is 14.8. The number of rotatable bonds is 4. The summed E-state index contributed by atoms with van der Waals surface area (Å²) in [6.07, 6.45) is 3.71. The maximum atomic E-state index is 6.46. The Balaban J connectivity index is 2.01. The summed E-state index contributed by atoms with van der Waals surface area (Å²) in [5.74, 6) is 0. The van der Waals surface area contributed by atoms with Crippen molar-refractivity contribution in [2.75, 3.05) is 6.54 Å². The highest BCUT2D eigenvalue weighted by Crippen LogP contribution is 2.33. The van der Waals surface area contributed by atoms with Crippen molar-refractivity contribution in [3.63, 3.8) is 0 Å². The average molecular weight is 365 g/mol. The van der Waals surface area contributed by atoms with E-state index in [-0.39, 0.29) is 6.04 Å². The van der Waals surface area contributed by atoms with Crippen molar-refractivity contribution in [1.29, 1.82) is 0 Å². The third-order valence-corrected chi connectivity index (χ3v) is 4.96. The highest BCUT2D eigenvalue weighted by molar-refractivity contribution is 9.10. The third-order valence-electron chi connectivity index (χ3n) is 4.14. The standard InChI is InChI=1S/C18H19BrClN/c1-2-21-18(16-9-8-15(19)11-17(16)20)14-7-6-12-4-3-5-13(12)10-14/h6-11,18,21H,2-5H2,1H3. The van der Waals surface area contributed by atoms with E-state index in [2.05, 4.69) is 58.5 Å². The van der Waals surface area contributed by atoms with E-state index in [0.717, 1.165) is 21.6 Å². The maximum absolute atomic E-state index is 6.46. The minimum absolute atomic E-state index is 0.154. The monoisotopic (exact) mass is 363 g/mol. The van der Waals surface area contributed by atoms with Crippen LogP contribution in [0, 0.1) is 0 Å². The van der Waals surface area contributed by atoms with E-state index >= 15 is 0 Å². The first-order valence-electron chi connectivity index (χ1n) is 7.49. The van der Waals surface area contributed by atoms with Gasteiger partial charge in [-0.1, -0.05) is 58.7 Å². The lowest BCUT2D eigenvalue weighted by Gasteiger charge is -2.21. The molecular weight excluding hydrogens is 346 g/mol. The second kappa shape index (κ2) is 6.51. The summed E-state index contributed by atoms with van der Waals surface area (Å²) in [4.78, 5) is 0. The summed E-state index contributed by atoms with van der Waals surface area (Å²) in [5.41, 5.74) is 5.46. The van der Waals surface area contributed by atoms with Gasteiger partial charge in [0.2, 0.25) is 0 Å². The first-order chi connectivity index (χ1) is 10.2. The van der Waals surface area contributed by atoms with Crippen LogP contribution in [0.2, 0.25) is 5.02 Å². The normalized spacial score (nSPS) is 15.0. The van der Waals surface area contributed by atoms with Gasteiger partial charge in [-0.15, -0.1) is 0 Å². The summed E-state index contributed by atoms with van der Waals surface area (Å²) < 4.78 is 1.01. The molecule has 1 aliphatic rings. The van der Waals surface area contributed by atoms with Gasteiger partial charge in [-0.3, -0.25) is 0 Å². The molecule has 2 aromatic carbocycles. The van der Waals surface area contributed by atoms with E-state index in [9.17, 15) is 0 Å². The molecule has 21 heavy (non-hydrogen) atoms. The molecule has 0 saturated heterocycles. The van der Waals surface area contributed by atoms with E-state index in [1.807, 2.05) is 6.07 Å². The van der Waals surface area contributed by atoms with Gasteiger partial charge in [0, 0.05) is 9.50 Å². The second-order valence-electron chi connectivity index (χ2n) is 5.54. The largest absolute Gasteiger partial charge is 0.306 e. The van der Waals surface area contributed by atoms with Crippen LogP contribution in [0.15, 0.2) is 40.9 Å². The zero-order valence-corrected chi connectivity index (χ0v) is 14.5. The fourth-order valence-electron chi connectivity index (χ4n) is 3.12. The van der Waals surface area contributed by atoms with Crippen molar-refractivity contribution in [3.05, 3.63) is 68.1 Å². The van der Waals surface area contributed by atoms with Gasteiger partial charge in [-0.05, 0) is 60.2 Å². The van der Waals surface area contributed by atoms with Gasteiger partial charge < -0.3 is 5.32 Å². The molecule has 1 unspecified atom stereocenters. The Morgan fingerprint density at radius 2 is 1.95 bits per heavy atom. The number of halogens is 2. The molecule has 1 N–H and O–H groups in total. The van der Waals surface area contributed by atoms with Crippen LogP contribution in [0.25, 0.3) is 0 Å². The van der Waals surface area contributed by atoms with Gasteiger partial charge in [0.15, 0.2) is 0 Å². The number of aryl methyl sites for hydroxylation is 2. The molecule has 0 saturated carbocycles. The van der Waals surface area contributed by atoms with Gasteiger partial charge in [-0.25, -0.2) is 0 Å². The molecule has 2 aromatic rings. The van der Waals surface area contributed by atoms with Crippen LogP contribution in [0.1, 0.15) is 41.6 Å². The molecule has 0 heterocycles. The molecule has 0 amide bonds. The molecule has 3 rings (SSSR count). The van der Waals surface area contributed by atoms with E-state index in [1.165, 1.54) is 36.0 Å². The van der Waals surface area contributed by atoms with Crippen LogP contribution in [0.3, 0.4) is 0 Å². The Morgan fingerprint density at radius 3 is 2.71 bits per heavy atom. The average Bonchev–Trinajstić information content (AvgIpc) is 2.93. The first kappa shape index (κ1) is 15.1. The number of hydrogen-bond donors (Lipinski definition) is 1. The number of nitrogens with one attached hydrogen (secondary N) is 1. The molecule has 3 heteroatoms. The van der Waals surface area contributed by atoms with Crippen molar-refractivity contribution >= 4 is 27.5 Å². The smallest absolute Gasteiger partial charge is 0.0591 e. The molecule has 0 bridgehead atoms. The summed E-state index contributed by atoms with van der Waals surface area (Å²) in [6.45, 7) is 3.04. The SMILES string of the molecule is CCNC(c1ccc2c(c1)CCC2)c1ccc(Br)cc1Cl. The molecule has 1 aliphatic carbocycles. The van der Waals surface area contributed by atoms with Crippen LogP contribution in [0.5, 0.6) is 0 Å². The van der Waals surface area contributed by atoms with E-state index in [0.29, 0.717) is 0 Å². The van der Waals surface area contributed by atoms with Crippen LogP contribution in [-0.2, 0) is 12.8 Å². The minimum atomic E-state index is 0.154. The zero-order valence-electron chi connectivity index (χ0n) is 12.1. The number of fused-ring (bicyclic) bond motifs is 1. The molecule has 0 radical (unpaired) electrons. The van der Waals surface area contributed by atoms with Crippen molar-refractivity contribution in [1.82, 2.24) is 5.32 Å². The molecule has 1 nitrogen and oxygen atoms in total. The van der Waals surface area contributed by atoms with Crippen molar-refractivity contribution in [3.8, 4) is 0 Å².